The molecule has 140 valence electrons. The van der Waals surface area contributed by atoms with Crippen molar-refractivity contribution in [1.29, 1.82) is 0 Å². The highest BCUT2D eigenvalue weighted by atomic mass is 32.2. The van der Waals surface area contributed by atoms with Crippen molar-refractivity contribution < 1.29 is 8.42 Å². The minimum Gasteiger partial charge on any atom is -0.340 e. The molecule has 3 rings (SSSR count). The molecule has 0 fully saturated rings. The highest BCUT2D eigenvalue weighted by molar-refractivity contribution is 7.92. The number of sulfonamides is 1. The molecule has 27 heavy (non-hydrogen) atoms. The van der Waals surface area contributed by atoms with Crippen LogP contribution in [0.4, 0.5) is 17.2 Å². The van der Waals surface area contributed by atoms with Gasteiger partial charge in [-0.15, -0.1) is 0 Å². The van der Waals surface area contributed by atoms with Crippen LogP contribution >= 0.6 is 0 Å². The van der Waals surface area contributed by atoms with E-state index in [9.17, 15) is 8.42 Å². The molecular formula is C19H21N5O2S. The predicted molar refractivity (Wildman–Crippen MR) is 107 cm³/mol. The molecule has 0 radical (unpaired) electrons. The van der Waals surface area contributed by atoms with Crippen molar-refractivity contribution in [3.8, 4) is 11.4 Å². The average molecular weight is 383 g/mol. The first kappa shape index (κ1) is 18.8. The molecule has 7 nitrogen and oxygen atoms in total. The first-order valence-corrected chi connectivity index (χ1v) is 10.2. The van der Waals surface area contributed by atoms with E-state index in [0.717, 1.165) is 16.9 Å². The second-order valence-electron chi connectivity index (χ2n) is 6.08. The standard InChI is InChI=1S/C19H21N5O2S/c1-3-12-27(25,26)24-17-6-4-16(5-7-17)22-18-13-14(2)21-19(23-18)15-8-10-20-11-9-15/h4-11,13,24H,3,12H2,1-2H3,(H,21,22,23). The van der Waals surface area contributed by atoms with Crippen LogP contribution in [0.1, 0.15) is 19.0 Å². The number of nitrogens with zero attached hydrogens (tertiary/aromatic N) is 3. The number of hydrogen-bond donors (Lipinski definition) is 2. The Balaban J connectivity index is 1.77. The van der Waals surface area contributed by atoms with E-state index in [4.69, 9.17) is 0 Å². The summed E-state index contributed by atoms with van der Waals surface area (Å²) in [4.78, 5) is 13.0. The van der Waals surface area contributed by atoms with E-state index in [0.29, 0.717) is 23.8 Å². The molecule has 2 N–H and O–H groups in total. The van der Waals surface area contributed by atoms with Gasteiger partial charge >= 0.3 is 0 Å². The van der Waals surface area contributed by atoms with Gasteiger partial charge in [0, 0.05) is 41.1 Å². The monoisotopic (exact) mass is 383 g/mol. The summed E-state index contributed by atoms with van der Waals surface area (Å²) in [6.07, 6.45) is 3.97. The zero-order valence-corrected chi connectivity index (χ0v) is 16.0. The van der Waals surface area contributed by atoms with Crippen molar-refractivity contribution >= 4 is 27.2 Å². The van der Waals surface area contributed by atoms with Crippen LogP contribution in [0.25, 0.3) is 11.4 Å². The Kier molecular flexibility index (Phi) is 5.66. The lowest BCUT2D eigenvalue weighted by Gasteiger charge is -2.10. The minimum absolute atomic E-state index is 0.102. The topological polar surface area (TPSA) is 96.9 Å². The summed E-state index contributed by atoms with van der Waals surface area (Å²) in [6.45, 7) is 3.74. The number of hydrogen-bond acceptors (Lipinski definition) is 6. The second kappa shape index (κ2) is 8.13. The Morgan fingerprint density at radius 3 is 2.30 bits per heavy atom. The maximum absolute atomic E-state index is 11.8. The van der Waals surface area contributed by atoms with E-state index in [1.165, 1.54) is 0 Å². The molecule has 8 heteroatoms. The number of rotatable bonds is 7. The largest absolute Gasteiger partial charge is 0.340 e. The average Bonchev–Trinajstić information content (AvgIpc) is 2.63. The van der Waals surface area contributed by atoms with Gasteiger partial charge in [-0.3, -0.25) is 9.71 Å². The van der Waals surface area contributed by atoms with E-state index in [2.05, 4.69) is 25.0 Å². The summed E-state index contributed by atoms with van der Waals surface area (Å²) in [6, 6.07) is 12.6. The Morgan fingerprint density at radius 2 is 1.63 bits per heavy atom. The lowest BCUT2D eigenvalue weighted by Crippen LogP contribution is -2.15. The molecule has 0 spiro atoms. The summed E-state index contributed by atoms with van der Waals surface area (Å²) < 4.78 is 26.2. The van der Waals surface area contributed by atoms with Gasteiger partial charge in [-0.05, 0) is 49.7 Å². The van der Waals surface area contributed by atoms with Gasteiger partial charge in [-0.2, -0.15) is 0 Å². The molecular weight excluding hydrogens is 362 g/mol. The second-order valence-corrected chi connectivity index (χ2v) is 7.92. The fourth-order valence-electron chi connectivity index (χ4n) is 2.53. The Bertz CT molecular complexity index is 1010. The molecule has 0 aliphatic heterocycles. The van der Waals surface area contributed by atoms with E-state index in [-0.39, 0.29) is 5.75 Å². The zero-order chi connectivity index (χ0) is 19.3. The molecule has 2 heterocycles. The van der Waals surface area contributed by atoms with Gasteiger partial charge in [-0.1, -0.05) is 6.92 Å². The SMILES string of the molecule is CCCS(=O)(=O)Nc1ccc(Nc2cc(C)nc(-c3ccncc3)n2)cc1. The molecule has 1 aromatic carbocycles. The summed E-state index contributed by atoms with van der Waals surface area (Å²) >= 11 is 0. The summed E-state index contributed by atoms with van der Waals surface area (Å²) in [5.74, 6) is 1.38. The fraction of sp³-hybridized carbons (Fsp3) is 0.211. The highest BCUT2D eigenvalue weighted by Gasteiger charge is 2.09. The van der Waals surface area contributed by atoms with Crippen LogP contribution in [0.15, 0.2) is 54.9 Å². The smallest absolute Gasteiger partial charge is 0.232 e. The van der Waals surface area contributed by atoms with Crippen molar-refractivity contribution in [2.75, 3.05) is 15.8 Å². The van der Waals surface area contributed by atoms with Gasteiger partial charge in [0.1, 0.15) is 5.82 Å². The summed E-state index contributed by atoms with van der Waals surface area (Å²) in [5, 5.41) is 3.23. The number of benzene rings is 1. The molecule has 0 saturated heterocycles. The molecule has 0 unspecified atom stereocenters. The maximum Gasteiger partial charge on any atom is 0.232 e. The summed E-state index contributed by atoms with van der Waals surface area (Å²) in [7, 11) is -3.29. The van der Waals surface area contributed by atoms with Crippen LogP contribution in [0.2, 0.25) is 0 Å². The van der Waals surface area contributed by atoms with Crippen molar-refractivity contribution in [2.45, 2.75) is 20.3 Å². The molecule has 0 amide bonds. The number of pyridine rings is 1. The molecule has 0 atom stereocenters. The third-order valence-corrected chi connectivity index (χ3v) is 5.19. The van der Waals surface area contributed by atoms with E-state index in [1.807, 2.05) is 32.0 Å². The Morgan fingerprint density at radius 1 is 0.963 bits per heavy atom. The number of aryl methyl sites for hydroxylation is 1. The predicted octanol–water partition coefficient (Wildman–Crippen LogP) is 3.74. The molecule has 0 aliphatic rings. The van der Waals surface area contributed by atoms with E-state index >= 15 is 0 Å². The normalized spacial score (nSPS) is 11.2. The lowest BCUT2D eigenvalue weighted by molar-refractivity contribution is 0.600. The van der Waals surface area contributed by atoms with Gasteiger partial charge in [0.25, 0.3) is 0 Å². The third-order valence-electron chi connectivity index (χ3n) is 3.70. The fourth-order valence-corrected chi connectivity index (χ4v) is 3.67. The number of nitrogens with one attached hydrogen (secondary N) is 2. The molecule has 0 aliphatic carbocycles. The summed E-state index contributed by atoms with van der Waals surface area (Å²) in [5.41, 5.74) is 3.05. The van der Waals surface area contributed by atoms with Crippen LogP contribution in [-0.4, -0.2) is 29.1 Å². The number of anilines is 3. The van der Waals surface area contributed by atoms with Gasteiger partial charge < -0.3 is 5.32 Å². The maximum atomic E-state index is 11.8. The van der Waals surface area contributed by atoms with Gasteiger partial charge in [0.15, 0.2) is 5.82 Å². The molecule has 3 aromatic rings. The van der Waals surface area contributed by atoms with Crippen LogP contribution in [0, 0.1) is 6.92 Å². The minimum atomic E-state index is -3.29. The van der Waals surface area contributed by atoms with Crippen molar-refractivity contribution in [3.63, 3.8) is 0 Å². The van der Waals surface area contributed by atoms with Crippen molar-refractivity contribution in [2.24, 2.45) is 0 Å². The van der Waals surface area contributed by atoms with Crippen LogP contribution in [0.5, 0.6) is 0 Å². The Labute approximate surface area is 159 Å². The number of aromatic nitrogens is 3. The van der Waals surface area contributed by atoms with Gasteiger partial charge in [0.05, 0.1) is 5.75 Å². The highest BCUT2D eigenvalue weighted by Crippen LogP contribution is 2.21. The van der Waals surface area contributed by atoms with Crippen molar-refractivity contribution in [1.82, 2.24) is 15.0 Å². The van der Waals surface area contributed by atoms with Crippen molar-refractivity contribution in [3.05, 3.63) is 60.6 Å². The first-order valence-electron chi connectivity index (χ1n) is 8.59. The van der Waals surface area contributed by atoms with Crippen LogP contribution in [0.3, 0.4) is 0 Å². The quantitative estimate of drug-likeness (QED) is 0.645. The molecule has 2 aromatic heterocycles. The first-order chi connectivity index (χ1) is 12.9. The van der Waals surface area contributed by atoms with E-state index < -0.39 is 10.0 Å². The van der Waals surface area contributed by atoms with Gasteiger partial charge in [-0.25, -0.2) is 18.4 Å². The lowest BCUT2D eigenvalue weighted by atomic mass is 10.2. The Hall–Kier alpha value is -3.00. The van der Waals surface area contributed by atoms with E-state index in [1.54, 1.807) is 36.7 Å². The van der Waals surface area contributed by atoms with Gasteiger partial charge in [0.2, 0.25) is 10.0 Å². The van der Waals surface area contributed by atoms with Crippen LogP contribution < -0.4 is 10.0 Å². The van der Waals surface area contributed by atoms with Crippen LogP contribution in [-0.2, 0) is 10.0 Å². The zero-order valence-electron chi connectivity index (χ0n) is 15.2. The molecule has 0 bridgehead atoms. The third kappa shape index (κ3) is 5.24. The molecule has 0 saturated carbocycles.